The molecule has 2 rings (SSSR count). The Hall–Kier alpha value is -1.13. The summed E-state index contributed by atoms with van der Waals surface area (Å²) in [5, 5.41) is 0. The Bertz CT molecular complexity index is 335. The molecular weight excluding hydrogens is 200 g/mol. The van der Waals surface area contributed by atoms with E-state index in [9.17, 15) is 0 Å². The third-order valence-corrected chi connectivity index (χ3v) is 3.33. The zero-order chi connectivity index (χ0) is 11.5. The Kier molecular flexibility index (Phi) is 3.41. The molecule has 0 aliphatic carbocycles. The van der Waals surface area contributed by atoms with E-state index in [0.29, 0.717) is 12.6 Å². The van der Waals surface area contributed by atoms with Crippen LogP contribution in [0.5, 0.6) is 0 Å². The van der Waals surface area contributed by atoms with Crippen molar-refractivity contribution in [3.8, 4) is 0 Å². The highest BCUT2D eigenvalue weighted by molar-refractivity contribution is 5.40. The van der Waals surface area contributed by atoms with Gasteiger partial charge >= 0.3 is 0 Å². The fraction of sp³-hybridized carbons (Fsp3) is 0.583. The number of anilines is 1. The minimum atomic E-state index is 0.562. The zero-order valence-corrected chi connectivity index (χ0v) is 10.1. The molecule has 0 amide bonds. The molecule has 0 radical (unpaired) electrons. The highest BCUT2D eigenvalue weighted by atomic mass is 15.3. The van der Waals surface area contributed by atoms with Crippen LogP contribution in [-0.2, 0) is 6.54 Å². The summed E-state index contributed by atoms with van der Waals surface area (Å²) in [6.07, 6.45) is 1.87. The first kappa shape index (κ1) is 11.4. The quantitative estimate of drug-likeness (QED) is 0.796. The van der Waals surface area contributed by atoms with Gasteiger partial charge in [-0.1, -0.05) is 6.07 Å². The van der Waals surface area contributed by atoms with Gasteiger partial charge < -0.3 is 15.5 Å². The number of piperazine rings is 1. The van der Waals surface area contributed by atoms with Crippen molar-refractivity contribution >= 4 is 5.82 Å². The van der Waals surface area contributed by atoms with Gasteiger partial charge in [0.15, 0.2) is 0 Å². The number of hydrogen-bond acceptors (Lipinski definition) is 4. The molecule has 1 aromatic heterocycles. The van der Waals surface area contributed by atoms with E-state index in [0.717, 1.165) is 31.0 Å². The van der Waals surface area contributed by atoms with Crippen LogP contribution in [0.15, 0.2) is 18.3 Å². The van der Waals surface area contributed by atoms with E-state index in [2.05, 4.69) is 40.9 Å². The molecule has 0 saturated carbocycles. The van der Waals surface area contributed by atoms with Crippen LogP contribution in [0.4, 0.5) is 5.82 Å². The minimum Gasteiger partial charge on any atom is -0.354 e. The van der Waals surface area contributed by atoms with Gasteiger partial charge in [-0.3, -0.25) is 0 Å². The monoisotopic (exact) mass is 220 g/mol. The smallest absolute Gasteiger partial charge is 0.128 e. The van der Waals surface area contributed by atoms with Crippen molar-refractivity contribution in [2.75, 3.05) is 31.6 Å². The average Bonchev–Trinajstić information content (AvgIpc) is 2.33. The maximum atomic E-state index is 5.56. The van der Waals surface area contributed by atoms with Gasteiger partial charge in [0.1, 0.15) is 5.82 Å². The van der Waals surface area contributed by atoms with E-state index in [1.54, 1.807) is 0 Å². The van der Waals surface area contributed by atoms with Crippen LogP contribution in [0.1, 0.15) is 12.5 Å². The number of nitrogens with zero attached hydrogens (tertiary/aromatic N) is 3. The van der Waals surface area contributed by atoms with Gasteiger partial charge in [0, 0.05) is 38.4 Å². The lowest BCUT2D eigenvalue weighted by Gasteiger charge is -2.38. The SMILES string of the molecule is CC1CN(c2ccc(CN)cn2)CCN1C. The number of likely N-dealkylation sites (N-methyl/N-ethyl adjacent to an activating group) is 1. The van der Waals surface area contributed by atoms with Gasteiger partial charge in [-0.25, -0.2) is 4.98 Å². The van der Waals surface area contributed by atoms with Crippen molar-refractivity contribution in [2.45, 2.75) is 19.5 Å². The van der Waals surface area contributed by atoms with E-state index in [-0.39, 0.29) is 0 Å². The van der Waals surface area contributed by atoms with Crippen LogP contribution in [0, 0.1) is 0 Å². The standard InChI is InChI=1S/C12H20N4/c1-10-9-16(6-5-15(10)2)12-4-3-11(7-13)8-14-12/h3-4,8,10H,5-7,9,13H2,1-2H3. The van der Waals surface area contributed by atoms with Gasteiger partial charge in [0.05, 0.1) is 0 Å². The normalized spacial score (nSPS) is 22.4. The predicted molar refractivity (Wildman–Crippen MR) is 66.4 cm³/mol. The number of hydrogen-bond donors (Lipinski definition) is 1. The molecule has 1 saturated heterocycles. The van der Waals surface area contributed by atoms with Crippen molar-refractivity contribution in [1.29, 1.82) is 0 Å². The summed E-state index contributed by atoms with van der Waals surface area (Å²) < 4.78 is 0. The third kappa shape index (κ3) is 2.33. The maximum Gasteiger partial charge on any atom is 0.128 e. The van der Waals surface area contributed by atoms with Gasteiger partial charge in [-0.05, 0) is 25.6 Å². The Morgan fingerprint density at radius 3 is 2.81 bits per heavy atom. The van der Waals surface area contributed by atoms with Crippen molar-refractivity contribution in [2.24, 2.45) is 5.73 Å². The fourth-order valence-electron chi connectivity index (χ4n) is 1.98. The average molecular weight is 220 g/mol. The molecule has 0 bridgehead atoms. The zero-order valence-electron chi connectivity index (χ0n) is 10.1. The molecule has 1 aliphatic rings. The topological polar surface area (TPSA) is 45.4 Å². The largest absolute Gasteiger partial charge is 0.354 e. The second kappa shape index (κ2) is 4.80. The third-order valence-electron chi connectivity index (χ3n) is 3.33. The number of nitrogens with two attached hydrogens (primary N) is 1. The molecule has 2 N–H and O–H groups in total. The lowest BCUT2D eigenvalue weighted by atomic mass is 10.2. The first-order valence-corrected chi connectivity index (χ1v) is 5.81. The minimum absolute atomic E-state index is 0.562. The lowest BCUT2D eigenvalue weighted by molar-refractivity contribution is 0.233. The van der Waals surface area contributed by atoms with Gasteiger partial charge in [0.2, 0.25) is 0 Å². The van der Waals surface area contributed by atoms with Crippen LogP contribution in [-0.4, -0.2) is 42.6 Å². The van der Waals surface area contributed by atoms with Crippen LogP contribution < -0.4 is 10.6 Å². The van der Waals surface area contributed by atoms with E-state index in [4.69, 9.17) is 5.73 Å². The molecule has 4 heteroatoms. The molecule has 0 aromatic carbocycles. The Labute approximate surface area is 97.1 Å². The summed E-state index contributed by atoms with van der Waals surface area (Å²) >= 11 is 0. The van der Waals surface area contributed by atoms with Crippen molar-refractivity contribution in [1.82, 2.24) is 9.88 Å². The molecule has 1 aromatic rings. The summed E-state index contributed by atoms with van der Waals surface area (Å²) in [5.74, 6) is 1.07. The number of rotatable bonds is 2. The van der Waals surface area contributed by atoms with Gasteiger partial charge in [0.25, 0.3) is 0 Å². The highest BCUT2D eigenvalue weighted by Crippen LogP contribution is 2.16. The molecule has 0 spiro atoms. The molecule has 4 nitrogen and oxygen atoms in total. The van der Waals surface area contributed by atoms with Crippen LogP contribution in [0.25, 0.3) is 0 Å². The molecular formula is C12H20N4. The molecule has 1 atom stereocenters. The summed E-state index contributed by atoms with van der Waals surface area (Å²) in [6.45, 7) is 6.01. The molecule has 1 aliphatic heterocycles. The van der Waals surface area contributed by atoms with E-state index in [1.165, 1.54) is 0 Å². The van der Waals surface area contributed by atoms with E-state index < -0.39 is 0 Å². The summed E-state index contributed by atoms with van der Waals surface area (Å²) in [4.78, 5) is 9.18. The van der Waals surface area contributed by atoms with Crippen LogP contribution in [0.3, 0.4) is 0 Å². The van der Waals surface area contributed by atoms with Crippen molar-refractivity contribution in [3.63, 3.8) is 0 Å². The second-order valence-electron chi connectivity index (χ2n) is 4.50. The first-order chi connectivity index (χ1) is 7.70. The molecule has 16 heavy (non-hydrogen) atoms. The fourth-order valence-corrected chi connectivity index (χ4v) is 1.98. The maximum absolute atomic E-state index is 5.56. The Morgan fingerprint density at radius 2 is 2.25 bits per heavy atom. The summed E-state index contributed by atoms with van der Waals surface area (Å²) in [7, 11) is 2.17. The Morgan fingerprint density at radius 1 is 1.44 bits per heavy atom. The highest BCUT2D eigenvalue weighted by Gasteiger charge is 2.21. The molecule has 2 heterocycles. The van der Waals surface area contributed by atoms with Crippen LogP contribution in [0.2, 0.25) is 0 Å². The first-order valence-electron chi connectivity index (χ1n) is 5.81. The lowest BCUT2D eigenvalue weighted by Crippen LogP contribution is -2.50. The Balaban J connectivity index is 2.06. The van der Waals surface area contributed by atoms with Gasteiger partial charge in [-0.2, -0.15) is 0 Å². The predicted octanol–water partition coefficient (Wildman–Crippen LogP) is 0.681. The van der Waals surface area contributed by atoms with Gasteiger partial charge in [-0.15, -0.1) is 0 Å². The molecule has 1 unspecified atom stereocenters. The summed E-state index contributed by atoms with van der Waals surface area (Å²) in [5.41, 5.74) is 6.65. The number of aromatic nitrogens is 1. The second-order valence-corrected chi connectivity index (χ2v) is 4.50. The van der Waals surface area contributed by atoms with E-state index in [1.807, 2.05) is 6.20 Å². The number of pyridine rings is 1. The summed E-state index contributed by atoms with van der Waals surface area (Å²) in [6, 6.07) is 4.72. The molecule has 1 fully saturated rings. The molecule has 88 valence electrons. The van der Waals surface area contributed by atoms with E-state index >= 15 is 0 Å². The van der Waals surface area contributed by atoms with Crippen molar-refractivity contribution < 1.29 is 0 Å². The van der Waals surface area contributed by atoms with Crippen molar-refractivity contribution in [3.05, 3.63) is 23.9 Å². The van der Waals surface area contributed by atoms with Crippen LogP contribution >= 0.6 is 0 Å².